The lowest BCUT2D eigenvalue weighted by Crippen LogP contribution is -2.43. The van der Waals surface area contributed by atoms with Gasteiger partial charge in [-0.25, -0.2) is 12.8 Å². The van der Waals surface area contributed by atoms with E-state index in [9.17, 15) is 22.4 Å². The summed E-state index contributed by atoms with van der Waals surface area (Å²) in [7, 11) is -3.84. The van der Waals surface area contributed by atoms with E-state index in [1.807, 2.05) is 0 Å². The first-order valence-electron chi connectivity index (χ1n) is 9.87. The number of para-hydroxylation sites is 1. The molecule has 3 rings (SSSR count). The van der Waals surface area contributed by atoms with Crippen LogP contribution in [0.3, 0.4) is 0 Å². The van der Waals surface area contributed by atoms with Gasteiger partial charge in [-0.2, -0.15) is 4.31 Å². The summed E-state index contributed by atoms with van der Waals surface area (Å²) >= 11 is 0. The van der Waals surface area contributed by atoms with Crippen molar-refractivity contribution in [3.63, 3.8) is 0 Å². The first kappa shape index (κ1) is 22.6. The maximum Gasteiger partial charge on any atom is 0.253 e. The SMILES string of the molecule is C=CCNC(=O)c1ccccc1NC(=O)C1CCCN(S(=O)(=O)c2ccc(F)cc2)C1. The third-order valence-electron chi connectivity index (χ3n) is 5.04. The third kappa shape index (κ3) is 5.36. The number of hydrogen-bond acceptors (Lipinski definition) is 4. The summed E-state index contributed by atoms with van der Waals surface area (Å²) in [4.78, 5) is 25.2. The molecule has 7 nitrogen and oxygen atoms in total. The second-order valence-electron chi connectivity index (χ2n) is 7.19. The van der Waals surface area contributed by atoms with Gasteiger partial charge in [-0.05, 0) is 49.2 Å². The number of piperidine rings is 1. The molecule has 1 atom stereocenters. The summed E-state index contributed by atoms with van der Waals surface area (Å²) in [6.45, 7) is 4.14. The predicted octanol–water partition coefficient (Wildman–Crippen LogP) is 2.78. The number of carbonyl (C=O) groups excluding carboxylic acids is 2. The van der Waals surface area contributed by atoms with Crippen molar-refractivity contribution in [1.82, 2.24) is 9.62 Å². The van der Waals surface area contributed by atoms with Crippen LogP contribution in [0.1, 0.15) is 23.2 Å². The number of sulfonamides is 1. The lowest BCUT2D eigenvalue weighted by atomic mass is 9.98. The summed E-state index contributed by atoms with van der Waals surface area (Å²) in [5.74, 6) is -1.80. The number of benzene rings is 2. The van der Waals surface area contributed by atoms with E-state index in [-0.39, 0.29) is 29.8 Å². The van der Waals surface area contributed by atoms with Crippen molar-refractivity contribution in [2.45, 2.75) is 17.7 Å². The van der Waals surface area contributed by atoms with Crippen LogP contribution in [0.25, 0.3) is 0 Å². The molecule has 0 aliphatic carbocycles. The van der Waals surface area contributed by atoms with Crippen molar-refractivity contribution in [3.05, 3.63) is 72.6 Å². The first-order chi connectivity index (χ1) is 14.8. The zero-order valence-corrected chi connectivity index (χ0v) is 17.7. The first-order valence-corrected chi connectivity index (χ1v) is 11.3. The highest BCUT2D eigenvalue weighted by Gasteiger charge is 2.33. The van der Waals surface area contributed by atoms with Gasteiger partial charge in [0.15, 0.2) is 0 Å². The van der Waals surface area contributed by atoms with E-state index in [1.165, 1.54) is 16.4 Å². The van der Waals surface area contributed by atoms with E-state index in [2.05, 4.69) is 17.2 Å². The molecule has 0 aromatic heterocycles. The van der Waals surface area contributed by atoms with Gasteiger partial charge in [-0.1, -0.05) is 18.2 Å². The number of rotatable bonds is 7. The van der Waals surface area contributed by atoms with Crippen molar-refractivity contribution < 1.29 is 22.4 Å². The van der Waals surface area contributed by atoms with Crippen LogP contribution >= 0.6 is 0 Å². The summed E-state index contributed by atoms with van der Waals surface area (Å²) in [5.41, 5.74) is 0.664. The van der Waals surface area contributed by atoms with Crippen molar-refractivity contribution in [2.24, 2.45) is 5.92 Å². The maximum atomic E-state index is 13.2. The van der Waals surface area contributed by atoms with Crippen LogP contribution in [0.4, 0.5) is 10.1 Å². The number of anilines is 1. The van der Waals surface area contributed by atoms with Crippen molar-refractivity contribution in [3.8, 4) is 0 Å². The van der Waals surface area contributed by atoms with Gasteiger partial charge < -0.3 is 10.6 Å². The van der Waals surface area contributed by atoms with Gasteiger partial charge in [0.1, 0.15) is 5.82 Å². The Labute approximate surface area is 181 Å². The van der Waals surface area contributed by atoms with E-state index in [1.54, 1.807) is 30.3 Å². The molecule has 0 saturated carbocycles. The van der Waals surface area contributed by atoms with Gasteiger partial charge in [-0.15, -0.1) is 6.58 Å². The molecule has 1 heterocycles. The predicted molar refractivity (Wildman–Crippen MR) is 115 cm³/mol. The number of nitrogens with one attached hydrogen (secondary N) is 2. The Bertz CT molecular complexity index is 1070. The topological polar surface area (TPSA) is 95.6 Å². The smallest absolute Gasteiger partial charge is 0.253 e. The average molecular weight is 446 g/mol. The highest BCUT2D eigenvalue weighted by atomic mass is 32.2. The van der Waals surface area contributed by atoms with Crippen LogP contribution in [-0.4, -0.2) is 44.2 Å². The van der Waals surface area contributed by atoms with Crippen molar-refractivity contribution in [1.29, 1.82) is 0 Å². The van der Waals surface area contributed by atoms with Crippen LogP contribution in [0.15, 0.2) is 66.1 Å². The molecule has 2 N–H and O–H groups in total. The second-order valence-corrected chi connectivity index (χ2v) is 9.13. The van der Waals surface area contributed by atoms with Gasteiger partial charge in [0.2, 0.25) is 15.9 Å². The molecule has 31 heavy (non-hydrogen) atoms. The summed E-state index contributed by atoms with van der Waals surface area (Å²) < 4.78 is 40.2. The van der Waals surface area contributed by atoms with E-state index in [4.69, 9.17) is 0 Å². The minimum Gasteiger partial charge on any atom is -0.349 e. The highest BCUT2D eigenvalue weighted by molar-refractivity contribution is 7.89. The zero-order valence-electron chi connectivity index (χ0n) is 16.9. The fourth-order valence-corrected chi connectivity index (χ4v) is 4.94. The zero-order chi connectivity index (χ0) is 22.4. The Hall–Kier alpha value is -3.04. The molecular formula is C22H24FN3O4S. The van der Waals surface area contributed by atoms with Crippen LogP contribution in [0, 0.1) is 11.7 Å². The van der Waals surface area contributed by atoms with Crippen LogP contribution in [-0.2, 0) is 14.8 Å². The molecule has 1 aliphatic rings. The molecule has 2 amide bonds. The molecule has 0 radical (unpaired) electrons. The van der Waals surface area contributed by atoms with Gasteiger partial charge in [0.25, 0.3) is 5.91 Å². The fraction of sp³-hybridized carbons (Fsp3) is 0.273. The highest BCUT2D eigenvalue weighted by Crippen LogP contribution is 2.25. The summed E-state index contributed by atoms with van der Waals surface area (Å²) in [6.07, 6.45) is 2.59. The van der Waals surface area contributed by atoms with Crippen molar-refractivity contribution in [2.75, 3.05) is 25.0 Å². The standard InChI is InChI=1S/C22H24FN3O4S/c1-2-13-24-22(28)19-7-3-4-8-20(19)25-21(27)16-6-5-14-26(15-16)31(29,30)18-11-9-17(23)10-12-18/h2-4,7-12,16H,1,5-6,13-15H2,(H,24,28)(H,25,27). The minimum absolute atomic E-state index is 0.0103. The lowest BCUT2D eigenvalue weighted by Gasteiger charge is -2.31. The van der Waals surface area contributed by atoms with E-state index in [0.29, 0.717) is 30.6 Å². The molecule has 164 valence electrons. The third-order valence-corrected chi connectivity index (χ3v) is 6.92. The van der Waals surface area contributed by atoms with Gasteiger partial charge in [0.05, 0.1) is 22.1 Å². The van der Waals surface area contributed by atoms with E-state index < -0.39 is 21.8 Å². The minimum atomic E-state index is -3.84. The Balaban J connectivity index is 1.73. The monoisotopic (exact) mass is 445 g/mol. The molecule has 0 spiro atoms. The van der Waals surface area contributed by atoms with Gasteiger partial charge in [0, 0.05) is 19.6 Å². The van der Waals surface area contributed by atoms with E-state index in [0.717, 1.165) is 12.1 Å². The van der Waals surface area contributed by atoms with Crippen LogP contribution in [0.2, 0.25) is 0 Å². The quantitative estimate of drug-likeness (QED) is 0.641. The number of hydrogen-bond donors (Lipinski definition) is 2. The fourth-order valence-electron chi connectivity index (χ4n) is 3.42. The Morgan fingerprint density at radius 1 is 1.16 bits per heavy atom. The normalized spacial score (nSPS) is 17.0. The Morgan fingerprint density at radius 2 is 1.87 bits per heavy atom. The number of carbonyl (C=O) groups is 2. The lowest BCUT2D eigenvalue weighted by molar-refractivity contribution is -0.120. The molecule has 1 unspecified atom stereocenters. The Kier molecular flexibility index (Phi) is 7.19. The summed E-state index contributed by atoms with van der Waals surface area (Å²) in [5, 5.41) is 5.43. The molecule has 2 aromatic carbocycles. The number of nitrogens with zero attached hydrogens (tertiary/aromatic N) is 1. The summed E-state index contributed by atoms with van der Waals surface area (Å²) in [6, 6.07) is 11.2. The largest absolute Gasteiger partial charge is 0.349 e. The Morgan fingerprint density at radius 3 is 2.58 bits per heavy atom. The van der Waals surface area contributed by atoms with Crippen LogP contribution < -0.4 is 10.6 Å². The van der Waals surface area contributed by atoms with E-state index >= 15 is 0 Å². The molecule has 1 fully saturated rings. The average Bonchev–Trinajstić information content (AvgIpc) is 2.78. The molecule has 0 bridgehead atoms. The molecular weight excluding hydrogens is 421 g/mol. The maximum absolute atomic E-state index is 13.2. The number of halogens is 1. The molecule has 2 aromatic rings. The van der Waals surface area contributed by atoms with Gasteiger partial charge in [-0.3, -0.25) is 9.59 Å². The van der Waals surface area contributed by atoms with Gasteiger partial charge >= 0.3 is 0 Å². The molecule has 1 aliphatic heterocycles. The number of amides is 2. The molecule has 9 heteroatoms. The van der Waals surface area contributed by atoms with Crippen molar-refractivity contribution >= 4 is 27.5 Å². The van der Waals surface area contributed by atoms with Crippen LogP contribution in [0.5, 0.6) is 0 Å². The second kappa shape index (κ2) is 9.84. The molecule has 1 saturated heterocycles.